The normalized spacial score (nSPS) is 29.1. The van der Waals surface area contributed by atoms with Crippen molar-refractivity contribution in [3.05, 3.63) is 0 Å². The molecule has 0 amide bonds. The first kappa shape index (κ1) is 14.2. The SMILES string of the molecule is COCCCOC1CC(Cl)C1OCCOC. The zero-order valence-corrected chi connectivity index (χ0v) is 10.7. The predicted octanol–water partition coefficient (Wildman–Crippen LogP) is 1.45. The van der Waals surface area contributed by atoms with Gasteiger partial charge in [-0.2, -0.15) is 0 Å². The number of hydrogen-bond acceptors (Lipinski definition) is 4. The molecule has 0 saturated heterocycles. The lowest BCUT2D eigenvalue weighted by molar-refractivity contribution is -0.131. The average molecular weight is 253 g/mol. The van der Waals surface area contributed by atoms with Crippen LogP contribution in [0.25, 0.3) is 0 Å². The van der Waals surface area contributed by atoms with Crippen molar-refractivity contribution in [2.75, 3.05) is 40.6 Å². The summed E-state index contributed by atoms with van der Waals surface area (Å²) in [4.78, 5) is 0. The third-order valence-corrected chi connectivity index (χ3v) is 3.03. The van der Waals surface area contributed by atoms with Gasteiger partial charge in [-0.25, -0.2) is 0 Å². The summed E-state index contributed by atoms with van der Waals surface area (Å²) in [5.41, 5.74) is 0. The molecule has 4 nitrogen and oxygen atoms in total. The molecule has 0 radical (unpaired) electrons. The van der Waals surface area contributed by atoms with Gasteiger partial charge in [0.05, 0.1) is 24.7 Å². The van der Waals surface area contributed by atoms with Gasteiger partial charge in [0.1, 0.15) is 6.10 Å². The quantitative estimate of drug-likeness (QED) is 0.460. The first-order valence-corrected chi connectivity index (χ1v) is 6.08. The Morgan fingerprint density at radius 2 is 1.75 bits per heavy atom. The Balaban J connectivity index is 2.07. The molecule has 0 aromatic rings. The van der Waals surface area contributed by atoms with Crippen molar-refractivity contribution in [1.82, 2.24) is 0 Å². The molecular formula is C11H21ClO4. The maximum absolute atomic E-state index is 6.06. The Hall–Kier alpha value is 0.130. The van der Waals surface area contributed by atoms with Crippen LogP contribution in [0.1, 0.15) is 12.8 Å². The van der Waals surface area contributed by atoms with Gasteiger partial charge >= 0.3 is 0 Å². The van der Waals surface area contributed by atoms with Crippen molar-refractivity contribution < 1.29 is 18.9 Å². The number of methoxy groups -OCH3 is 2. The van der Waals surface area contributed by atoms with E-state index in [4.69, 9.17) is 30.5 Å². The van der Waals surface area contributed by atoms with Crippen LogP contribution in [0.15, 0.2) is 0 Å². The summed E-state index contributed by atoms with van der Waals surface area (Å²) in [5, 5.41) is 0.0734. The number of halogens is 1. The van der Waals surface area contributed by atoms with E-state index in [1.165, 1.54) is 0 Å². The molecular weight excluding hydrogens is 232 g/mol. The van der Waals surface area contributed by atoms with E-state index in [-0.39, 0.29) is 17.6 Å². The first-order chi connectivity index (χ1) is 7.79. The molecule has 0 aliphatic heterocycles. The van der Waals surface area contributed by atoms with Crippen LogP contribution in [0.3, 0.4) is 0 Å². The number of alkyl halides is 1. The van der Waals surface area contributed by atoms with Crippen molar-refractivity contribution >= 4 is 11.6 Å². The Labute approximate surface area is 102 Å². The molecule has 0 heterocycles. The zero-order chi connectivity index (χ0) is 11.8. The molecule has 5 heteroatoms. The standard InChI is InChI=1S/C11H21ClO4/c1-13-4-3-5-15-10-8-9(12)11(10)16-7-6-14-2/h9-11H,3-8H2,1-2H3. The summed E-state index contributed by atoms with van der Waals surface area (Å²) in [6, 6.07) is 0. The fraction of sp³-hybridized carbons (Fsp3) is 1.00. The Morgan fingerprint density at radius 3 is 2.38 bits per heavy atom. The van der Waals surface area contributed by atoms with Crippen molar-refractivity contribution in [2.45, 2.75) is 30.4 Å². The molecule has 1 aliphatic rings. The molecule has 1 saturated carbocycles. The van der Waals surface area contributed by atoms with Crippen LogP contribution in [0.5, 0.6) is 0 Å². The summed E-state index contributed by atoms with van der Waals surface area (Å²) in [5.74, 6) is 0. The van der Waals surface area contributed by atoms with E-state index in [9.17, 15) is 0 Å². The second-order valence-corrected chi connectivity index (χ2v) is 4.40. The van der Waals surface area contributed by atoms with Crippen LogP contribution >= 0.6 is 11.6 Å². The van der Waals surface area contributed by atoms with Gasteiger partial charge in [0, 0.05) is 27.4 Å². The molecule has 3 atom stereocenters. The van der Waals surface area contributed by atoms with Crippen LogP contribution < -0.4 is 0 Å². The van der Waals surface area contributed by atoms with Gasteiger partial charge in [0.2, 0.25) is 0 Å². The van der Waals surface area contributed by atoms with E-state index in [1.807, 2.05) is 0 Å². The second-order valence-electron chi connectivity index (χ2n) is 3.84. The smallest absolute Gasteiger partial charge is 0.100 e. The Kier molecular flexibility index (Phi) is 7.32. The lowest BCUT2D eigenvalue weighted by atomic mass is 9.91. The monoisotopic (exact) mass is 252 g/mol. The van der Waals surface area contributed by atoms with Gasteiger partial charge in [-0.15, -0.1) is 11.6 Å². The van der Waals surface area contributed by atoms with E-state index in [2.05, 4.69) is 0 Å². The Morgan fingerprint density at radius 1 is 1.00 bits per heavy atom. The molecule has 1 aliphatic carbocycles. The second kappa shape index (κ2) is 8.25. The fourth-order valence-electron chi connectivity index (χ4n) is 1.61. The molecule has 0 aromatic heterocycles. The van der Waals surface area contributed by atoms with Gasteiger partial charge in [-0.3, -0.25) is 0 Å². The van der Waals surface area contributed by atoms with Crippen LogP contribution in [-0.4, -0.2) is 58.2 Å². The minimum atomic E-state index is 0.0133. The molecule has 3 unspecified atom stereocenters. The van der Waals surface area contributed by atoms with E-state index < -0.39 is 0 Å². The van der Waals surface area contributed by atoms with Crippen molar-refractivity contribution in [3.63, 3.8) is 0 Å². The topological polar surface area (TPSA) is 36.9 Å². The van der Waals surface area contributed by atoms with Gasteiger partial charge in [-0.1, -0.05) is 0 Å². The fourth-order valence-corrected chi connectivity index (χ4v) is 2.02. The van der Waals surface area contributed by atoms with Crippen molar-refractivity contribution in [1.29, 1.82) is 0 Å². The molecule has 0 spiro atoms. The van der Waals surface area contributed by atoms with Gasteiger partial charge in [0.15, 0.2) is 0 Å². The summed E-state index contributed by atoms with van der Waals surface area (Å²) in [6.07, 6.45) is 1.92. The van der Waals surface area contributed by atoms with Crippen LogP contribution in [-0.2, 0) is 18.9 Å². The molecule has 0 aromatic carbocycles. The molecule has 1 fully saturated rings. The zero-order valence-electron chi connectivity index (χ0n) is 9.99. The van der Waals surface area contributed by atoms with Gasteiger partial charge in [-0.05, 0) is 12.8 Å². The summed E-state index contributed by atoms with van der Waals surface area (Å²) in [7, 11) is 3.34. The number of hydrogen-bond donors (Lipinski definition) is 0. The maximum Gasteiger partial charge on any atom is 0.100 e. The number of ether oxygens (including phenoxy) is 4. The van der Waals surface area contributed by atoms with Crippen LogP contribution in [0, 0.1) is 0 Å². The maximum atomic E-state index is 6.06. The lowest BCUT2D eigenvalue weighted by Crippen LogP contribution is -2.51. The minimum absolute atomic E-state index is 0.0133. The van der Waals surface area contributed by atoms with Crippen LogP contribution in [0.2, 0.25) is 0 Å². The molecule has 16 heavy (non-hydrogen) atoms. The highest BCUT2D eigenvalue weighted by atomic mass is 35.5. The first-order valence-electron chi connectivity index (χ1n) is 5.64. The predicted molar refractivity (Wildman–Crippen MR) is 62.1 cm³/mol. The average Bonchev–Trinajstić information content (AvgIpc) is 2.28. The van der Waals surface area contributed by atoms with Crippen molar-refractivity contribution in [3.8, 4) is 0 Å². The molecule has 0 N–H and O–H groups in total. The van der Waals surface area contributed by atoms with Crippen LogP contribution in [0.4, 0.5) is 0 Å². The van der Waals surface area contributed by atoms with E-state index in [0.717, 1.165) is 19.4 Å². The highest BCUT2D eigenvalue weighted by molar-refractivity contribution is 6.21. The van der Waals surface area contributed by atoms with E-state index >= 15 is 0 Å². The third-order valence-electron chi connectivity index (χ3n) is 2.60. The van der Waals surface area contributed by atoms with Crippen molar-refractivity contribution in [2.24, 2.45) is 0 Å². The van der Waals surface area contributed by atoms with Gasteiger partial charge in [0.25, 0.3) is 0 Å². The third kappa shape index (κ3) is 4.55. The highest BCUT2D eigenvalue weighted by Gasteiger charge is 2.41. The number of rotatable bonds is 9. The largest absolute Gasteiger partial charge is 0.385 e. The minimum Gasteiger partial charge on any atom is -0.385 e. The van der Waals surface area contributed by atoms with E-state index in [0.29, 0.717) is 19.8 Å². The Bertz CT molecular complexity index is 179. The lowest BCUT2D eigenvalue weighted by Gasteiger charge is -2.40. The van der Waals surface area contributed by atoms with E-state index in [1.54, 1.807) is 14.2 Å². The molecule has 1 rings (SSSR count). The van der Waals surface area contributed by atoms with Gasteiger partial charge < -0.3 is 18.9 Å². The summed E-state index contributed by atoms with van der Waals surface area (Å²) >= 11 is 6.06. The highest BCUT2D eigenvalue weighted by Crippen LogP contribution is 2.31. The summed E-state index contributed by atoms with van der Waals surface area (Å²) in [6.45, 7) is 2.59. The molecule has 0 bridgehead atoms. The summed E-state index contributed by atoms with van der Waals surface area (Å²) < 4.78 is 21.1. The molecule has 96 valence electrons.